The van der Waals surface area contributed by atoms with Crippen LogP contribution in [0.1, 0.15) is 12.6 Å². The largest absolute Gasteiger partial charge is 0.338 e. The molecule has 0 bridgehead atoms. The first-order valence-electron chi connectivity index (χ1n) is 5.24. The van der Waals surface area contributed by atoms with Crippen LogP contribution in [-0.4, -0.2) is 22.2 Å². The summed E-state index contributed by atoms with van der Waals surface area (Å²) in [6, 6.07) is 7.63. The van der Waals surface area contributed by atoms with E-state index in [-0.39, 0.29) is 6.03 Å². The molecular weight excluding hydrogens is 204 g/mol. The molecule has 0 saturated heterocycles. The van der Waals surface area contributed by atoms with E-state index < -0.39 is 0 Å². The first-order chi connectivity index (χ1) is 7.79. The highest BCUT2D eigenvalue weighted by molar-refractivity contribution is 5.73. The Balaban J connectivity index is 2.02. The fraction of sp³-hybridized carbons (Fsp3) is 0.273. The van der Waals surface area contributed by atoms with Crippen LogP contribution in [0.4, 0.5) is 4.79 Å². The van der Waals surface area contributed by atoms with Gasteiger partial charge in [0.2, 0.25) is 0 Å². The van der Waals surface area contributed by atoms with Gasteiger partial charge in [0.1, 0.15) is 0 Å². The van der Waals surface area contributed by atoms with Crippen LogP contribution in [0.2, 0.25) is 0 Å². The Kier molecular flexibility index (Phi) is 3.05. The van der Waals surface area contributed by atoms with E-state index in [0.29, 0.717) is 13.1 Å². The van der Waals surface area contributed by atoms with Crippen LogP contribution in [0, 0.1) is 0 Å². The van der Waals surface area contributed by atoms with Gasteiger partial charge in [-0.2, -0.15) is 5.10 Å². The van der Waals surface area contributed by atoms with Gasteiger partial charge in [-0.1, -0.05) is 6.07 Å². The van der Waals surface area contributed by atoms with Crippen molar-refractivity contribution in [2.45, 2.75) is 13.5 Å². The summed E-state index contributed by atoms with van der Waals surface area (Å²) in [6.07, 6.45) is 1.88. The number of pyridine rings is 1. The molecule has 2 aromatic heterocycles. The van der Waals surface area contributed by atoms with Gasteiger partial charge in [-0.25, -0.2) is 9.31 Å². The van der Waals surface area contributed by atoms with Crippen LogP contribution in [0.25, 0.3) is 5.52 Å². The van der Waals surface area contributed by atoms with Gasteiger partial charge in [0.25, 0.3) is 0 Å². The highest BCUT2D eigenvalue weighted by Gasteiger charge is 2.02. The quantitative estimate of drug-likeness (QED) is 0.812. The van der Waals surface area contributed by atoms with Crippen molar-refractivity contribution in [2.24, 2.45) is 0 Å². The molecule has 2 N–H and O–H groups in total. The third-order valence-electron chi connectivity index (χ3n) is 2.19. The predicted molar refractivity (Wildman–Crippen MR) is 61.1 cm³/mol. The lowest BCUT2D eigenvalue weighted by Crippen LogP contribution is -2.34. The van der Waals surface area contributed by atoms with Gasteiger partial charge in [0, 0.05) is 12.7 Å². The zero-order chi connectivity index (χ0) is 11.4. The monoisotopic (exact) mass is 218 g/mol. The van der Waals surface area contributed by atoms with E-state index in [0.717, 1.165) is 11.2 Å². The minimum absolute atomic E-state index is 0.167. The first-order valence-corrected chi connectivity index (χ1v) is 5.24. The number of carbonyl (C=O) groups excluding carboxylic acids is 1. The average Bonchev–Trinajstić information content (AvgIpc) is 2.69. The Bertz CT molecular complexity index is 458. The van der Waals surface area contributed by atoms with Crippen LogP contribution >= 0.6 is 0 Å². The number of carbonyl (C=O) groups is 1. The molecule has 2 amide bonds. The Morgan fingerprint density at radius 3 is 3.06 bits per heavy atom. The number of nitrogens with one attached hydrogen (secondary N) is 2. The molecule has 0 saturated carbocycles. The van der Waals surface area contributed by atoms with Crippen molar-refractivity contribution >= 4 is 11.5 Å². The number of hydrogen-bond acceptors (Lipinski definition) is 2. The minimum atomic E-state index is -0.167. The van der Waals surface area contributed by atoms with Crippen molar-refractivity contribution in [1.82, 2.24) is 20.2 Å². The Morgan fingerprint density at radius 2 is 2.31 bits per heavy atom. The van der Waals surface area contributed by atoms with E-state index in [1.807, 2.05) is 37.4 Å². The van der Waals surface area contributed by atoms with E-state index >= 15 is 0 Å². The van der Waals surface area contributed by atoms with Gasteiger partial charge in [-0.05, 0) is 25.1 Å². The molecule has 0 atom stereocenters. The highest BCUT2D eigenvalue weighted by atomic mass is 16.2. The molecule has 0 aliphatic rings. The Labute approximate surface area is 93.5 Å². The first kappa shape index (κ1) is 10.5. The molecule has 16 heavy (non-hydrogen) atoms. The predicted octanol–water partition coefficient (Wildman–Crippen LogP) is 1.15. The fourth-order valence-corrected chi connectivity index (χ4v) is 1.47. The fourth-order valence-electron chi connectivity index (χ4n) is 1.47. The zero-order valence-corrected chi connectivity index (χ0v) is 9.10. The summed E-state index contributed by atoms with van der Waals surface area (Å²) in [5.74, 6) is 0. The van der Waals surface area contributed by atoms with Crippen LogP contribution in [0.5, 0.6) is 0 Å². The van der Waals surface area contributed by atoms with E-state index in [1.54, 1.807) is 4.52 Å². The third-order valence-corrected chi connectivity index (χ3v) is 2.19. The number of nitrogens with zero attached hydrogens (tertiary/aromatic N) is 2. The molecule has 5 heteroatoms. The number of rotatable bonds is 3. The van der Waals surface area contributed by atoms with Crippen LogP contribution in [-0.2, 0) is 6.54 Å². The molecule has 0 fully saturated rings. The standard InChI is InChI=1S/C11H14N4O/c1-2-12-11(16)13-8-9-7-10-5-3-4-6-15(10)14-9/h3-7H,2,8H2,1H3,(H2,12,13,16). The molecule has 0 spiro atoms. The summed E-state index contributed by atoms with van der Waals surface area (Å²) in [5.41, 5.74) is 1.87. The Morgan fingerprint density at radius 1 is 1.44 bits per heavy atom. The molecule has 84 valence electrons. The molecule has 2 rings (SSSR count). The van der Waals surface area contributed by atoms with Crippen LogP contribution < -0.4 is 10.6 Å². The second kappa shape index (κ2) is 4.65. The van der Waals surface area contributed by atoms with Gasteiger partial charge < -0.3 is 10.6 Å². The molecule has 5 nitrogen and oxygen atoms in total. The number of fused-ring (bicyclic) bond motifs is 1. The third kappa shape index (κ3) is 2.31. The molecule has 0 aliphatic heterocycles. The zero-order valence-electron chi connectivity index (χ0n) is 9.10. The number of aromatic nitrogens is 2. The van der Waals surface area contributed by atoms with Crippen molar-refractivity contribution in [2.75, 3.05) is 6.54 Å². The van der Waals surface area contributed by atoms with E-state index in [4.69, 9.17) is 0 Å². The van der Waals surface area contributed by atoms with Gasteiger partial charge in [-0.15, -0.1) is 0 Å². The van der Waals surface area contributed by atoms with Crippen molar-refractivity contribution < 1.29 is 4.79 Å². The van der Waals surface area contributed by atoms with Gasteiger partial charge in [-0.3, -0.25) is 0 Å². The summed E-state index contributed by atoms with van der Waals surface area (Å²) in [5, 5.41) is 9.72. The van der Waals surface area contributed by atoms with Crippen LogP contribution in [0.15, 0.2) is 30.5 Å². The summed E-state index contributed by atoms with van der Waals surface area (Å²) in [7, 11) is 0. The maximum absolute atomic E-state index is 11.2. The summed E-state index contributed by atoms with van der Waals surface area (Å²) in [6.45, 7) is 2.94. The topological polar surface area (TPSA) is 58.4 Å². The Hall–Kier alpha value is -2.04. The normalized spacial score (nSPS) is 10.3. The average molecular weight is 218 g/mol. The van der Waals surface area contributed by atoms with Crippen molar-refractivity contribution in [3.05, 3.63) is 36.2 Å². The number of amides is 2. The SMILES string of the molecule is CCNC(=O)NCc1cc2ccccn2n1. The van der Waals surface area contributed by atoms with E-state index in [1.165, 1.54) is 0 Å². The van der Waals surface area contributed by atoms with Gasteiger partial charge in [0.05, 0.1) is 17.8 Å². The lowest BCUT2D eigenvalue weighted by molar-refractivity contribution is 0.241. The van der Waals surface area contributed by atoms with Crippen LogP contribution in [0.3, 0.4) is 0 Å². The van der Waals surface area contributed by atoms with Crippen molar-refractivity contribution in [1.29, 1.82) is 0 Å². The molecule has 0 aromatic carbocycles. The molecular formula is C11H14N4O. The maximum atomic E-state index is 11.2. The van der Waals surface area contributed by atoms with Gasteiger partial charge >= 0.3 is 6.03 Å². The second-order valence-corrected chi connectivity index (χ2v) is 3.42. The smallest absolute Gasteiger partial charge is 0.315 e. The highest BCUT2D eigenvalue weighted by Crippen LogP contribution is 2.04. The summed E-state index contributed by atoms with van der Waals surface area (Å²) >= 11 is 0. The molecule has 2 aromatic rings. The molecule has 2 heterocycles. The van der Waals surface area contributed by atoms with Gasteiger partial charge in [0.15, 0.2) is 0 Å². The second-order valence-electron chi connectivity index (χ2n) is 3.42. The summed E-state index contributed by atoms with van der Waals surface area (Å²) in [4.78, 5) is 11.2. The molecule has 0 aliphatic carbocycles. The maximum Gasteiger partial charge on any atom is 0.315 e. The summed E-state index contributed by atoms with van der Waals surface area (Å²) < 4.78 is 1.79. The van der Waals surface area contributed by atoms with Crippen molar-refractivity contribution in [3.63, 3.8) is 0 Å². The number of hydrogen-bond donors (Lipinski definition) is 2. The number of urea groups is 1. The lowest BCUT2D eigenvalue weighted by atomic mass is 10.3. The van der Waals surface area contributed by atoms with E-state index in [2.05, 4.69) is 15.7 Å². The minimum Gasteiger partial charge on any atom is -0.338 e. The van der Waals surface area contributed by atoms with E-state index in [9.17, 15) is 4.79 Å². The molecule has 0 radical (unpaired) electrons. The molecule has 0 unspecified atom stereocenters. The van der Waals surface area contributed by atoms with Crippen molar-refractivity contribution in [3.8, 4) is 0 Å². The lowest BCUT2D eigenvalue weighted by Gasteiger charge is -2.02.